The molecule has 6 nitrogen and oxygen atoms in total. The number of hydrogen-bond acceptors (Lipinski definition) is 3. The summed E-state index contributed by atoms with van der Waals surface area (Å²) in [4.78, 5) is 31.8. The zero-order valence-corrected chi connectivity index (χ0v) is 19.4. The van der Waals surface area contributed by atoms with E-state index in [2.05, 4.69) is 5.32 Å². The average Bonchev–Trinajstić information content (AvgIpc) is 3.13. The molecule has 3 aromatic rings. The molecule has 170 valence electrons. The number of hydrogen-bond donors (Lipinski definition) is 1. The maximum absolute atomic E-state index is 13.4. The molecule has 0 aliphatic rings. The van der Waals surface area contributed by atoms with Crippen molar-refractivity contribution in [2.45, 2.75) is 65.6 Å². The topological polar surface area (TPSA) is 67.2 Å². The van der Waals surface area contributed by atoms with Crippen molar-refractivity contribution in [1.82, 2.24) is 19.8 Å². The minimum Gasteiger partial charge on any atom is -0.356 e. The number of fused-ring (bicyclic) bond motifs is 1. The first-order valence-corrected chi connectivity index (χ1v) is 11.5. The van der Waals surface area contributed by atoms with E-state index < -0.39 is 0 Å². The fourth-order valence-electron chi connectivity index (χ4n) is 3.85. The molecule has 1 aromatic heterocycles. The van der Waals surface area contributed by atoms with Gasteiger partial charge >= 0.3 is 0 Å². The van der Waals surface area contributed by atoms with Crippen LogP contribution in [-0.4, -0.2) is 38.9 Å². The summed E-state index contributed by atoms with van der Waals surface area (Å²) in [7, 11) is 0. The second kappa shape index (κ2) is 11.5. The number of amides is 2. The SMILES string of the molecule is CCCC(=O)NCCCc1nc2ccccc2n1CC(=O)N(Cc1ccccc1)C(C)C. The molecule has 0 bridgehead atoms. The molecule has 0 saturated heterocycles. The predicted octanol–water partition coefficient (Wildman–Crippen LogP) is 4.32. The summed E-state index contributed by atoms with van der Waals surface area (Å²) in [5.74, 6) is 1.04. The van der Waals surface area contributed by atoms with Crippen molar-refractivity contribution in [3.63, 3.8) is 0 Å². The normalized spacial score (nSPS) is 11.1. The summed E-state index contributed by atoms with van der Waals surface area (Å²) in [6.45, 7) is 7.55. The molecule has 1 N–H and O–H groups in total. The molecule has 2 aromatic carbocycles. The van der Waals surface area contributed by atoms with Gasteiger partial charge in [0.2, 0.25) is 11.8 Å². The first kappa shape index (κ1) is 23.5. The second-order valence-electron chi connectivity index (χ2n) is 8.41. The van der Waals surface area contributed by atoms with Crippen molar-refractivity contribution in [1.29, 1.82) is 0 Å². The number of para-hydroxylation sites is 2. The number of rotatable bonds is 11. The molecule has 0 radical (unpaired) electrons. The molecule has 0 aliphatic carbocycles. The van der Waals surface area contributed by atoms with Gasteiger partial charge in [-0.15, -0.1) is 0 Å². The summed E-state index contributed by atoms with van der Waals surface area (Å²) in [5, 5.41) is 2.96. The highest BCUT2D eigenvalue weighted by molar-refractivity contribution is 5.81. The van der Waals surface area contributed by atoms with Crippen LogP contribution in [0.4, 0.5) is 0 Å². The Morgan fingerprint density at radius 3 is 2.50 bits per heavy atom. The number of carbonyl (C=O) groups is 2. The highest BCUT2D eigenvalue weighted by atomic mass is 16.2. The molecular formula is C26H34N4O2. The number of aromatic nitrogens is 2. The molecule has 6 heteroatoms. The van der Waals surface area contributed by atoms with Crippen molar-refractivity contribution < 1.29 is 9.59 Å². The van der Waals surface area contributed by atoms with Crippen LogP contribution < -0.4 is 5.32 Å². The summed E-state index contributed by atoms with van der Waals surface area (Å²) >= 11 is 0. The van der Waals surface area contributed by atoms with Gasteiger partial charge < -0.3 is 14.8 Å². The van der Waals surface area contributed by atoms with E-state index in [-0.39, 0.29) is 24.4 Å². The summed E-state index contributed by atoms with van der Waals surface area (Å²) in [6.07, 6.45) is 2.89. The molecule has 0 atom stereocenters. The van der Waals surface area contributed by atoms with Gasteiger partial charge in [-0.25, -0.2) is 4.98 Å². The van der Waals surface area contributed by atoms with E-state index in [1.807, 2.05) is 84.8 Å². The molecule has 3 rings (SSSR count). The lowest BCUT2D eigenvalue weighted by molar-refractivity contribution is -0.134. The fraction of sp³-hybridized carbons (Fsp3) is 0.423. The Labute approximate surface area is 190 Å². The molecular weight excluding hydrogens is 400 g/mol. The van der Waals surface area contributed by atoms with Gasteiger partial charge in [-0.05, 0) is 44.4 Å². The predicted molar refractivity (Wildman–Crippen MR) is 128 cm³/mol. The van der Waals surface area contributed by atoms with Gasteiger partial charge in [0.25, 0.3) is 0 Å². The molecule has 0 saturated carbocycles. The third-order valence-corrected chi connectivity index (χ3v) is 5.54. The van der Waals surface area contributed by atoms with E-state index in [4.69, 9.17) is 4.98 Å². The Kier molecular flexibility index (Phi) is 8.42. The van der Waals surface area contributed by atoms with Crippen molar-refractivity contribution in [3.8, 4) is 0 Å². The van der Waals surface area contributed by atoms with Crippen LogP contribution in [0.1, 0.15) is 51.4 Å². The van der Waals surface area contributed by atoms with Gasteiger partial charge in [0.05, 0.1) is 11.0 Å². The van der Waals surface area contributed by atoms with Crippen LogP contribution in [0.25, 0.3) is 11.0 Å². The number of nitrogens with zero attached hydrogens (tertiary/aromatic N) is 3. The molecule has 0 aliphatic heterocycles. The second-order valence-corrected chi connectivity index (χ2v) is 8.41. The minimum atomic E-state index is 0.0736. The quantitative estimate of drug-likeness (QED) is 0.457. The van der Waals surface area contributed by atoms with E-state index >= 15 is 0 Å². The van der Waals surface area contributed by atoms with Gasteiger partial charge in [0.15, 0.2) is 0 Å². The number of aryl methyl sites for hydroxylation is 1. The third-order valence-electron chi connectivity index (χ3n) is 5.54. The Bertz CT molecular complexity index is 1030. The molecule has 2 amide bonds. The molecule has 32 heavy (non-hydrogen) atoms. The molecule has 0 fully saturated rings. The Balaban J connectivity index is 1.75. The van der Waals surface area contributed by atoms with Gasteiger partial charge in [-0.2, -0.15) is 0 Å². The lowest BCUT2D eigenvalue weighted by atomic mass is 10.2. The molecule has 1 heterocycles. The van der Waals surface area contributed by atoms with E-state index in [9.17, 15) is 9.59 Å². The van der Waals surface area contributed by atoms with Crippen molar-refractivity contribution in [3.05, 3.63) is 66.0 Å². The van der Waals surface area contributed by atoms with Crippen LogP contribution in [0.15, 0.2) is 54.6 Å². The van der Waals surface area contributed by atoms with E-state index in [1.165, 1.54) is 0 Å². The highest BCUT2D eigenvalue weighted by Crippen LogP contribution is 2.19. The van der Waals surface area contributed by atoms with E-state index in [0.717, 1.165) is 35.3 Å². The standard InChI is InChI=1S/C26H34N4O2/c1-4-11-25(31)27-17-10-16-24-28-22-14-8-9-15-23(22)30(24)19-26(32)29(20(2)3)18-21-12-6-5-7-13-21/h5-9,12-15,20H,4,10-11,16-19H2,1-3H3,(H,27,31). The number of benzene rings is 2. The lowest BCUT2D eigenvalue weighted by Gasteiger charge is -2.27. The maximum atomic E-state index is 13.4. The zero-order valence-electron chi connectivity index (χ0n) is 19.4. The zero-order chi connectivity index (χ0) is 22.9. The first-order valence-electron chi connectivity index (χ1n) is 11.5. The number of imidazole rings is 1. The van der Waals surface area contributed by atoms with Gasteiger partial charge in [-0.3, -0.25) is 9.59 Å². The molecule has 0 spiro atoms. The van der Waals surface area contributed by atoms with E-state index in [1.54, 1.807) is 0 Å². The summed E-state index contributed by atoms with van der Waals surface area (Å²) < 4.78 is 2.03. The van der Waals surface area contributed by atoms with E-state index in [0.29, 0.717) is 25.9 Å². The monoisotopic (exact) mass is 434 g/mol. The van der Waals surface area contributed by atoms with Crippen molar-refractivity contribution in [2.75, 3.05) is 6.54 Å². The summed E-state index contributed by atoms with van der Waals surface area (Å²) in [6, 6.07) is 18.1. The van der Waals surface area contributed by atoms with Crippen LogP contribution in [0.3, 0.4) is 0 Å². The first-order chi connectivity index (χ1) is 15.5. The van der Waals surface area contributed by atoms with Crippen molar-refractivity contribution >= 4 is 22.8 Å². The highest BCUT2D eigenvalue weighted by Gasteiger charge is 2.20. The van der Waals surface area contributed by atoms with Gasteiger partial charge in [0.1, 0.15) is 12.4 Å². The third kappa shape index (κ3) is 6.19. The largest absolute Gasteiger partial charge is 0.356 e. The number of carbonyl (C=O) groups excluding carboxylic acids is 2. The fourth-order valence-corrected chi connectivity index (χ4v) is 3.85. The van der Waals surface area contributed by atoms with Crippen LogP contribution >= 0.6 is 0 Å². The van der Waals surface area contributed by atoms with Gasteiger partial charge in [-0.1, -0.05) is 49.4 Å². The smallest absolute Gasteiger partial charge is 0.243 e. The van der Waals surface area contributed by atoms with Crippen LogP contribution in [0.5, 0.6) is 0 Å². The van der Waals surface area contributed by atoms with Crippen LogP contribution in [0, 0.1) is 0 Å². The van der Waals surface area contributed by atoms with Crippen LogP contribution in [-0.2, 0) is 29.1 Å². The number of nitrogens with one attached hydrogen (secondary N) is 1. The van der Waals surface area contributed by atoms with Crippen molar-refractivity contribution in [2.24, 2.45) is 0 Å². The maximum Gasteiger partial charge on any atom is 0.243 e. The molecule has 0 unspecified atom stereocenters. The Morgan fingerprint density at radius 1 is 1.06 bits per heavy atom. The summed E-state index contributed by atoms with van der Waals surface area (Å²) in [5.41, 5.74) is 2.98. The minimum absolute atomic E-state index is 0.0736. The van der Waals surface area contributed by atoms with Gasteiger partial charge in [0, 0.05) is 32.0 Å². The average molecular weight is 435 g/mol. The Hall–Kier alpha value is -3.15. The lowest BCUT2D eigenvalue weighted by Crippen LogP contribution is -2.38. The Morgan fingerprint density at radius 2 is 1.78 bits per heavy atom. The van der Waals surface area contributed by atoms with Crippen LogP contribution in [0.2, 0.25) is 0 Å².